The van der Waals surface area contributed by atoms with Crippen LogP contribution in [0.15, 0.2) is 54.7 Å². The van der Waals surface area contributed by atoms with Crippen molar-refractivity contribution >= 4 is 40.4 Å². The van der Waals surface area contributed by atoms with Crippen LogP contribution < -0.4 is 16.4 Å². The van der Waals surface area contributed by atoms with Crippen molar-refractivity contribution in [3.05, 3.63) is 82.7 Å². The van der Waals surface area contributed by atoms with Crippen LogP contribution in [0, 0.1) is 17.6 Å². The number of anilines is 2. The zero-order chi connectivity index (χ0) is 35.0. The minimum absolute atomic E-state index is 0.197. The Hall–Kier alpha value is -3.98. The Morgan fingerprint density at radius 1 is 1.12 bits per heavy atom. The molecule has 14 heteroatoms. The van der Waals surface area contributed by atoms with Gasteiger partial charge < -0.3 is 41.3 Å². The number of nitrogens with one attached hydrogen (secondary N) is 2. The molecule has 3 aliphatic heterocycles. The summed E-state index contributed by atoms with van der Waals surface area (Å²) in [4.78, 5) is 33.3. The first kappa shape index (κ1) is 34.9. The van der Waals surface area contributed by atoms with E-state index in [2.05, 4.69) is 15.6 Å². The van der Waals surface area contributed by atoms with Gasteiger partial charge in [0, 0.05) is 36.0 Å². The Labute approximate surface area is 286 Å². The fourth-order valence-electron chi connectivity index (χ4n) is 6.67. The van der Waals surface area contributed by atoms with E-state index in [0.717, 1.165) is 17.7 Å². The molecular formula is C35H38ClF2N5O6. The van der Waals surface area contributed by atoms with Gasteiger partial charge in [-0.25, -0.2) is 8.78 Å². The molecule has 0 saturated carbocycles. The summed E-state index contributed by atoms with van der Waals surface area (Å²) >= 11 is 5.91. The maximum Gasteiger partial charge on any atom is 0.247 e. The second-order valence-electron chi connectivity index (χ2n) is 12.7. The summed E-state index contributed by atoms with van der Waals surface area (Å²) in [7, 11) is 0. The summed E-state index contributed by atoms with van der Waals surface area (Å²) in [5.74, 6) is -2.69. The van der Waals surface area contributed by atoms with Crippen molar-refractivity contribution in [3.8, 4) is 11.1 Å². The van der Waals surface area contributed by atoms with Crippen molar-refractivity contribution in [2.24, 2.45) is 11.7 Å². The number of carbonyl (C=O) groups is 2. The number of pyridine rings is 1. The number of aliphatic hydroxyl groups excluding tert-OH is 3. The fraction of sp³-hybridized carbons (Fsp3) is 0.400. The number of halogens is 3. The zero-order valence-electron chi connectivity index (χ0n) is 26.7. The second-order valence-corrected chi connectivity index (χ2v) is 13.1. The number of hydrogen-bond donors (Lipinski definition) is 6. The third-order valence-electron chi connectivity index (χ3n) is 9.50. The highest BCUT2D eigenvalue weighted by Gasteiger charge is 2.42. The van der Waals surface area contributed by atoms with Crippen molar-refractivity contribution in [2.75, 3.05) is 23.8 Å². The molecule has 2 aromatic carbocycles. The number of benzene rings is 2. The standard InChI is InChI=1S/C35H38ClF2N5O6/c1-17-3-2-4-26(43-12-10-19(14-28(43)45)29-23(37)8-7-22(36)30(29)38)25-13-18(9-11-40-25)21-6-5-20(15-24(21)42-34(17)48)41-35-31(39)33(47)32(46)27(16-44)49-35/h5-9,11,13-15,17,26-27,31-33,35,41,44,46-47H,2-4,10,12,16,39H2,1H3,(H,42,48)/t17-,26+,27-,31+,32-,33-,35?/m1/s1. The van der Waals surface area contributed by atoms with Gasteiger partial charge in [0.05, 0.1) is 40.7 Å². The zero-order valence-corrected chi connectivity index (χ0v) is 27.4. The van der Waals surface area contributed by atoms with E-state index < -0.39 is 60.8 Å². The summed E-state index contributed by atoms with van der Waals surface area (Å²) in [6.45, 7) is 1.50. The predicted octanol–water partition coefficient (Wildman–Crippen LogP) is 3.97. The van der Waals surface area contributed by atoms with Crippen LogP contribution in [0.25, 0.3) is 16.7 Å². The summed E-state index contributed by atoms with van der Waals surface area (Å²) in [6, 6.07) is 9.63. The highest BCUT2D eigenvalue weighted by atomic mass is 35.5. The normalized spacial score (nSPS) is 27.7. The van der Waals surface area contributed by atoms with Crippen molar-refractivity contribution in [1.82, 2.24) is 9.88 Å². The quantitative estimate of drug-likeness (QED) is 0.216. The molecule has 7 atom stereocenters. The van der Waals surface area contributed by atoms with Gasteiger partial charge in [0.25, 0.3) is 0 Å². The Balaban J connectivity index is 1.32. The number of carbonyl (C=O) groups excluding carboxylic acids is 2. The van der Waals surface area contributed by atoms with Crippen molar-refractivity contribution < 1.29 is 38.4 Å². The molecule has 3 aromatic rings. The van der Waals surface area contributed by atoms with Gasteiger partial charge in [0.15, 0.2) is 5.82 Å². The molecular weight excluding hydrogens is 660 g/mol. The fourth-order valence-corrected chi connectivity index (χ4v) is 6.83. The third kappa shape index (κ3) is 7.05. The first-order valence-corrected chi connectivity index (χ1v) is 16.6. The topological polar surface area (TPSA) is 170 Å². The monoisotopic (exact) mass is 697 g/mol. The number of rotatable bonds is 5. The number of nitrogens with zero attached hydrogens (tertiary/aromatic N) is 2. The molecule has 0 radical (unpaired) electrons. The minimum atomic E-state index is -1.35. The summed E-state index contributed by atoms with van der Waals surface area (Å²) in [5.41, 5.74) is 9.05. The van der Waals surface area contributed by atoms with Crippen molar-refractivity contribution in [3.63, 3.8) is 0 Å². The van der Waals surface area contributed by atoms with Crippen LogP contribution in [-0.4, -0.2) is 80.8 Å². The molecule has 4 heterocycles. The van der Waals surface area contributed by atoms with Gasteiger partial charge in [-0.15, -0.1) is 0 Å². The number of hydrogen-bond acceptors (Lipinski definition) is 9. The summed E-state index contributed by atoms with van der Waals surface area (Å²) in [5, 5.41) is 36.1. The van der Waals surface area contributed by atoms with Crippen LogP contribution in [0.4, 0.5) is 20.2 Å². The van der Waals surface area contributed by atoms with Crippen LogP contribution in [0.2, 0.25) is 5.02 Å². The van der Waals surface area contributed by atoms with E-state index in [1.807, 2.05) is 13.0 Å². The molecule has 11 nitrogen and oxygen atoms in total. The molecule has 1 aromatic heterocycles. The van der Waals surface area contributed by atoms with E-state index >= 15 is 0 Å². The SMILES string of the molecule is C[C@@H]1CCC[C@H](N2CCC(c3c(F)ccc(Cl)c3F)=CC2=O)c2cc(ccn2)-c2ccc(NC3O[C@H](CO)[C@@H](O)[C@H](O)[C@@H]3N)cc2NC1=O. The predicted molar refractivity (Wildman–Crippen MR) is 179 cm³/mol. The van der Waals surface area contributed by atoms with E-state index in [1.165, 1.54) is 6.08 Å². The number of nitrogens with two attached hydrogens (primary N) is 1. The van der Waals surface area contributed by atoms with Crippen molar-refractivity contribution in [2.45, 2.75) is 69.2 Å². The Bertz CT molecular complexity index is 1780. The molecule has 1 fully saturated rings. The molecule has 6 rings (SSSR count). The van der Waals surface area contributed by atoms with E-state index in [4.69, 9.17) is 22.1 Å². The highest BCUT2D eigenvalue weighted by molar-refractivity contribution is 6.31. The lowest BCUT2D eigenvalue weighted by molar-refractivity contribution is -0.181. The maximum absolute atomic E-state index is 14.8. The van der Waals surface area contributed by atoms with Crippen LogP contribution in [0.1, 0.15) is 49.9 Å². The van der Waals surface area contributed by atoms with Crippen LogP contribution >= 0.6 is 11.6 Å². The molecule has 2 bridgehead atoms. The van der Waals surface area contributed by atoms with E-state index in [9.17, 15) is 33.7 Å². The first-order chi connectivity index (χ1) is 23.5. The number of ether oxygens (including phenoxy) is 1. The third-order valence-corrected chi connectivity index (χ3v) is 9.79. The van der Waals surface area contributed by atoms with E-state index in [-0.39, 0.29) is 40.9 Å². The minimum Gasteiger partial charge on any atom is -0.394 e. The van der Waals surface area contributed by atoms with Crippen LogP contribution in [-0.2, 0) is 14.3 Å². The molecule has 0 spiro atoms. The maximum atomic E-state index is 14.8. The van der Waals surface area contributed by atoms with Crippen molar-refractivity contribution in [1.29, 1.82) is 0 Å². The Morgan fingerprint density at radius 3 is 2.67 bits per heavy atom. The molecule has 1 saturated heterocycles. The molecule has 260 valence electrons. The molecule has 0 aliphatic carbocycles. The Kier molecular flexibility index (Phi) is 10.3. The second kappa shape index (κ2) is 14.5. The van der Waals surface area contributed by atoms with Gasteiger partial charge in [-0.2, -0.15) is 0 Å². The molecule has 3 aliphatic rings. The van der Waals surface area contributed by atoms with Gasteiger partial charge in [-0.05, 0) is 66.8 Å². The lowest BCUT2D eigenvalue weighted by Gasteiger charge is -2.41. The van der Waals surface area contributed by atoms with Gasteiger partial charge in [-0.1, -0.05) is 31.0 Å². The van der Waals surface area contributed by atoms with Crippen LogP contribution in [0.5, 0.6) is 0 Å². The van der Waals surface area contributed by atoms with E-state index in [0.29, 0.717) is 41.9 Å². The van der Waals surface area contributed by atoms with Gasteiger partial charge in [-0.3, -0.25) is 14.6 Å². The molecule has 1 unspecified atom stereocenters. The van der Waals surface area contributed by atoms with Gasteiger partial charge in [0.1, 0.15) is 30.4 Å². The average molecular weight is 698 g/mol. The summed E-state index contributed by atoms with van der Waals surface area (Å²) < 4.78 is 35.2. The number of fused-ring (bicyclic) bond motifs is 4. The number of amides is 2. The van der Waals surface area contributed by atoms with E-state index in [1.54, 1.807) is 35.4 Å². The lowest BCUT2D eigenvalue weighted by atomic mass is 9.92. The number of aromatic nitrogens is 1. The average Bonchev–Trinajstić information content (AvgIpc) is 3.09. The summed E-state index contributed by atoms with van der Waals surface area (Å²) in [6.07, 6.45) is 0.0150. The largest absolute Gasteiger partial charge is 0.394 e. The molecule has 2 amide bonds. The first-order valence-electron chi connectivity index (χ1n) is 16.2. The van der Waals surface area contributed by atoms with Gasteiger partial charge >= 0.3 is 0 Å². The molecule has 7 N–H and O–H groups in total. The highest BCUT2D eigenvalue weighted by Crippen LogP contribution is 2.38. The lowest BCUT2D eigenvalue weighted by Crippen LogP contribution is -2.63. The number of aliphatic hydroxyl groups is 3. The molecule has 49 heavy (non-hydrogen) atoms. The van der Waals surface area contributed by atoms with Gasteiger partial charge in [0.2, 0.25) is 11.8 Å². The Morgan fingerprint density at radius 2 is 1.92 bits per heavy atom. The van der Waals surface area contributed by atoms with Crippen LogP contribution in [0.3, 0.4) is 0 Å². The smallest absolute Gasteiger partial charge is 0.247 e.